The smallest absolute Gasteiger partial charge is 0.104 e. The summed E-state index contributed by atoms with van der Waals surface area (Å²) in [5, 5.41) is 25.3. The van der Waals surface area contributed by atoms with E-state index in [2.05, 4.69) is 0 Å². The molecule has 0 aromatic rings. The molecule has 0 saturated carbocycles. The Hall–Kier alpha value is -0.160. The highest BCUT2D eigenvalue weighted by Crippen LogP contribution is 1.87. The predicted molar refractivity (Wildman–Crippen MR) is 28.2 cm³/mol. The third-order valence-corrected chi connectivity index (χ3v) is 0.873. The summed E-state index contributed by atoms with van der Waals surface area (Å²) in [6.07, 6.45) is -2.10. The Balaban J connectivity index is 3.29. The Morgan fingerprint density at radius 1 is 1.25 bits per heavy atom. The summed E-state index contributed by atoms with van der Waals surface area (Å²) in [5.41, 5.74) is 4.93. The molecule has 0 aromatic heterocycles. The van der Waals surface area contributed by atoms with Crippen LogP contribution in [-0.4, -0.2) is 40.7 Å². The van der Waals surface area contributed by atoms with Gasteiger partial charge in [-0.15, -0.1) is 0 Å². The van der Waals surface area contributed by atoms with Gasteiger partial charge in [-0.3, -0.25) is 0 Å². The van der Waals surface area contributed by atoms with Crippen LogP contribution in [0.15, 0.2) is 0 Å². The summed E-state index contributed by atoms with van der Waals surface area (Å²) in [7, 11) is 0. The number of aliphatic hydroxyl groups excluding tert-OH is 3. The molecule has 4 nitrogen and oxygen atoms in total. The Labute approximate surface area is 47.6 Å². The van der Waals surface area contributed by atoms with E-state index in [0.29, 0.717) is 0 Å². The van der Waals surface area contributed by atoms with Crippen molar-refractivity contribution in [3.63, 3.8) is 0 Å². The standard InChI is InChI=1S/C4H11NO3/c5-1-3(7)4(8)2-6/h3-4,6-8H,1-2,5H2/t3-,4-/m1/s1. The first-order chi connectivity index (χ1) is 3.72. The number of aliphatic hydroxyl groups is 3. The van der Waals surface area contributed by atoms with Gasteiger partial charge < -0.3 is 21.1 Å². The lowest BCUT2D eigenvalue weighted by Crippen LogP contribution is -2.35. The van der Waals surface area contributed by atoms with Gasteiger partial charge >= 0.3 is 0 Å². The first kappa shape index (κ1) is 7.84. The van der Waals surface area contributed by atoms with E-state index in [-0.39, 0.29) is 6.54 Å². The highest BCUT2D eigenvalue weighted by Gasteiger charge is 2.11. The molecule has 0 aromatic carbocycles. The molecule has 8 heavy (non-hydrogen) atoms. The van der Waals surface area contributed by atoms with Gasteiger partial charge in [0.2, 0.25) is 0 Å². The van der Waals surface area contributed by atoms with E-state index >= 15 is 0 Å². The molecule has 50 valence electrons. The lowest BCUT2D eigenvalue weighted by Gasteiger charge is -2.11. The average molecular weight is 121 g/mol. The van der Waals surface area contributed by atoms with Crippen LogP contribution in [0.4, 0.5) is 0 Å². The first-order valence-corrected chi connectivity index (χ1v) is 2.39. The van der Waals surface area contributed by atoms with Gasteiger partial charge in [0.05, 0.1) is 12.7 Å². The Bertz CT molecular complexity index is 51.2. The first-order valence-electron chi connectivity index (χ1n) is 2.39. The molecule has 0 amide bonds. The van der Waals surface area contributed by atoms with Crippen molar-refractivity contribution in [1.82, 2.24) is 0 Å². The zero-order valence-electron chi connectivity index (χ0n) is 4.49. The van der Waals surface area contributed by atoms with E-state index in [9.17, 15) is 0 Å². The third-order valence-electron chi connectivity index (χ3n) is 0.873. The second kappa shape index (κ2) is 3.80. The molecule has 0 rings (SSSR count). The fraction of sp³-hybridized carbons (Fsp3) is 1.00. The monoisotopic (exact) mass is 121 g/mol. The number of hydrogen-bond acceptors (Lipinski definition) is 4. The molecule has 0 aliphatic rings. The minimum absolute atomic E-state index is 0.0261. The van der Waals surface area contributed by atoms with E-state index < -0.39 is 18.8 Å². The van der Waals surface area contributed by atoms with Crippen LogP contribution in [0.5, 0.6) is 0 Å². The summed E-state index contributed by atoms with van der Waals surface area (Å²) >= 11 is 0. The SMILES string of the molecule is NC[C@@H](O)[C@H](O)CO. The van der Waals surface area contributed by atoms with Gasteiger partial charge in [0, 0.05) is 6.54 Å². The summed E-state index contributed by atoms with van der Waals surface area (Å²) in [6, 6.07) is 0. The predicted octanol–water partition coefficient (Wildman–Crippen LogP) is -2.34. The maximum atomic E-state index is 8.59. The summed E-state index contributed by atoms with van der Waals surface area (Å²) < 4.78 is 0. The van der Waals surface area contributed by atoms with E-state index in [4.69, 9.17) is 21.1 Å². The quantitative estimate of drug-likeness (QED) is 0.337. The number of nitrogens with two attached hydrogens (primary N) is 1. The molecule has 0 radical (unpaired) electrons. The maximum absolute atomic E-state index is 8.59. The van der Waals surface area contributed by atoms with Gasteiger partial charge in [-0.25, -0.2) is 0 Å². The van der Waals surface area contributed by atoms with Crippen molar-refractivity contribution in [3.05, 3.63) is 0 Å². The minimum atomic E-state index is -1.10. The van der Waals surface area contributed by atoms with Gasteiger partial charge in [-0.1, -0.05) is 0 Å². The average Bonchev–Trinajstić information content (AvgIpc) is 1.84. The zero-order chi connectivity index (χ0) is 6.57. The lowest BCUT2D eigenvalue weighted by molar-refractivity contribution is -0.00894. The van der Waals surface area contributed by atoms with Crippen LogP contribution >= 0.6 is 0 Å². The fourth-order valence-electron chi connectivity index (χ4n) is 0.279. The number of hydrogen-bond donors (Lipinski definition) is 4. The molecule has 0 unspecified atom stereocenters. The lowest BCUT2D eigenvalue weighted by atomic mass is 10.2. The molecule has 0 aliphatic carbocycles. The molecular weight excluding hydrogens is 110 g/mol. The molecule has 5 N–H and O–H groups in total. The molecular formula is C4H11NO3. The van der Waals surface area contributed by atoms with Gasteiger partial charge in [0.1, 0.15) is 6.10 Å². The van der Waals surface area contributed by atoms with Crippen molar-refractivity contribution < 1.29 is 15.3 Å². The molecule has 2 atom stereocenters. The van der Waals surface area contributed by atoms with Crippen LogP contribution in [0, 0.1) is 0 Å². The normalized spacial score (nSPS) is 18.0. The molecule has 4 heteroatoms. The topological polar surface area (TPSA) is 86.7 Å². The van der Waals surface area contributed by atoms with Gasteiger partial charge in [-0.2, -0.15) is 0 Å². The number of rotatable bonds is 3. The van der Waals surface area contributed by atoms with Crippen LogP contribution in [0.25, 0.3) is 0 Å². The Morgan fingerprint density at radius 2 is 1.75 bits per heavy atom. The van der Waals surface area contributed by atoms with Crippen molar-refractivity contribution >= 4 is 0 Å². The van der Waals surface area contributed by atoms with Crippen molar-refractivity contribution in [3.8, 4) is 0 Å². The van der Waals surface area contributed by atoms with Crippen molar-refractivity contribution in [2.75, 3.05) is 13.2 Å². The van der Waals surface area contributed by atoms with Gasteiger partial charge in [0.15, 0.2) is 0 Å². The molecule has 0 aliphatic heterocycles. The highest BCUT2D eigenvalue weighted by molar-refractivity contribution is 4.64. The molecule has 0 fully saturated rings. The summed E-state index contributed by atoms with van der Waals surface area (Å²) in [6.45, 7) is -0.472. The van der Waals surface area contributed by atoms with E-state index in [1.54, 1.807) is 0 Å². The fourth-order valence-corrected chi connectivity index (χ4v) is 0.279. The van der Waals surface area contributed by atoms with Gasteiger partial charge in [-0.05, 0) is 0 Å². The van der Waals surface area contributed by atoms with Crippen molar-refractivity contribution in [2.24, 2.45) is 5.73 Å². The maximum Gasteiger partial charge on any atom is 0.104 e. The highest BCUT2D eigenvalue weighted by atomic mass is 16.4. The molecule has 0 saturated heterocycles. The van der Waals surface area contributed by atoms with E-state index in [0.717, 1.165) is 0 Å². The molecule has 0 spiro atoms. The van der Waals surface area contributed by atoms with Crippen LogP contribution < -0.4 is 5.73 Å². The summed E-state index contributed by atoms with van der Waals surface area (Å²) in [4.78, 5) is 0. The van der Waals surface area contributed by atoms with E-state index in [1.807, 2.05) is 0 Å². The van der Waals surface area contributed by atoms with Crippen LogP contribution in [-0.2, 0) is 0 Å². The summed E-state index contributed by atoms with van der Waals surface area (Å²) in [5.74, 6) is 0. The Morgan fingerprint density at radius 3 is 1.88 bits per heavy atom. The third kappa shape index (κ3) is 2.23. The van der Waals surface area contributed by atoms with E-state index in [1.165, 1.54) is 0 Å². The van der Waals surface area contributed by atoms with Crippen molar-refractivity contribution in [1.29, 1.82) is 0 Å². The molecule has 0 heterocycles. The van der Waals surface area contributed by atoms with Crippen LogP contribution in [0.3, 0.4) is 0 Å². The van der Waals surface area contributed by atoms with Crippen LogP contribution in [0.2, 0.25) is 0 Å². The van der Waals surface area contributed by atoms with Crippen molar-refractivity contribution in [2.45, 2.75) is 12.2 Å². The Kier molecular flexibility index (Phi) is 3.72. The molecule has 0 bridgehead atoms. The van der Waals surface area contributed by atoms with Gasteiger partial charge in [0.25, 0.3) is 0 Å². The second-order valence-corrected chi connectivity index (χ2v) is 1.55. The largest absolute Gasteiger partial charge is 0.394 e. The second-order valence-electron chi connectivity index (χ2n) is 1.55. The minimum Gasteiger partial charge on any atom is -0.394 e. The van der Waals surface area contributed by atoms with Crippen LogP contribution in [0.1, 0.15) is 0 Å². The zero-order valence-corrected chi connectivity index (χ0v) is 4.49.